The van der Waals surface area contributed by atoms with Crippen LogP contribution in [0.2, 0.25) is 0 Å². The highest BCUT2D eigenvalue weighted by atomic mass is 16.3. The van der Waals surface area contributed by atoms with Crippen LogP contribution in [0.1, 0.15) is 39.3 Å². The molecule has 1 aromatic carbocycles. The molecule has 0 aromatic heterocycles. The van der Waals surface area contributed by atoms with Crippen molar-refractivity contribution in [2.45, 2.75) is 39.3 Å². The number of benzene rings is 1. The molecule has 1 unspecified atom stereocenters. The molecule has 0 fully saturated rings. The molecule has 2 nitrogen and oxygen atoms in total. The van der Waals surface area contributed by atoms with Crippen molar-refractivity contribution in [1.82, 2.24) is 5.32 Å². The summed E-state index contributed by atoms with van der Waals surface area (Å²) in [6, 6.07) is 10.7. The Morgan fingerprint density at radius 2 is 1.75 bits per heavy atom. The Balaban J connectivity index is 2.70. The van der Waals surface area contributed by atoms with Gasteiger partial charge in [-0.15, -0.1) is 0 Å². The van der Waals surface area contributed by atoms with Gasteiger partial charge in [0.25, 0.3) is 0 Å². The first-order chi connectivity index (χ1) is 7.40. The highest BCUT2D eigenvalue weighted by Gasteiger charge is 2.19. The second-order valence-electron chi connectivity index (χ2n) is 5.33. The van der Waals surface area contributed by atoms with Crippen molar-refractivity contribution in [2.75, 3.05) is 6.54 Å². The first kappa shape index (κ1) is 13.2. The first-order valence-corrected chi connectivity index (χ1v) is 5.91. The highest BCUT2D eigenvalue weighted by molar-refractivity contribution is 5.19. The molecule has 0 saturated heterocycles. The quantitative estimate of drug-likeness (QED) is 0.801. The Labute approximate surface area is 98.7 Å². The van der Waals surface area contributed by atoms with Gasteiger partial charge in [-0.1, -0.05) is 44.2 Å². The maximum absolute atomic E-state index is 9.73. The monoisotopic (exact) mass is 221 g/mol. The summed E-state index contributed by atoms with van der Waals surface area (Å²) in [5.74, 6) is 0.504. The van der Waals surface area contributed by atoms with Crippen LogP contribution >= 0.6 is 0 Å². The standard InChI is InChI=1S/C14H23NO/c1-11(2)13(15-10-14(3,4)16)12-8-6-5-7-9-12/h5-9,11,13,15-16H,10H2,1-4H3. The molecule has 2 N–H and O–H groups in total. The molecule has 0 radical (unpaired) electrons. The van der Waals surface area contributed by atoms with E-state index in [4.69, 9.17) is 0 Å². The molecule has 2 heteroatoms. The van der Waals surface area contributed by atoms with E-state index in [0.29, 0.717) is 18.5 Å². The lowest BCUT2D eigenvalue weighted by Gasteiger charge is -2.27. The van der Waals surface area contributed by atoms with Crippen LogP contribution in [0.5, 0.6) is 0 Å². The van der Waals surface area contributed by atoms with E-state index in [1.807, 2.05) is 19.9 Å². The minimum absolute atomic E-state index is 0.299. The smallest absolute Gasteiger partial charge is 0.0715 e. The van der Waals surface area contributed by atoms with Gasteiger partial charge in [-0.3, -0.25) is 0 Å². The summed E-state index contributed by atoms with van der Waals surface area (Å²) in [6.07, 6.45) is 0. The molecule has 0 aliphatic rings. The van der Waals surface area contributed by atoms with Crippen LogP contribution in [0.25, 0.3) is 0 Å². The Hall–Kier alpha value is -0.860. The summed E-state index contributed by atoms with van der Waals surface area (Å²) in [5, 5.41) is 13.2. The van der Waals surface area contributed by atoms with E-state index >= 15 is 0 Å². The van der Waals surface area contributed by atoms with Crippen molar-refractivity contribution < 1.29 is 5.11 Å². The predicted molar refractivity (Wildman–Crippen MR) is 68.3 cm³/mol. The number of aliphatic hydroxyl groups is 1. The van der Waals surface area contributed by atoms with E-state index in [0.717, 1.165) is 0 Å². The number of rotatable bonds is 5. The van der Waals surface area contributed by atoms with Gasteiger partial charge in [0.15, 0.2) is 0 Å². The summed E-state index contributed by atoms with van der Waals surface area (Å²) in [7, 11) is 0. The van der Waals surface area contributed by atoms with Gasteiger partial charge in [0, 0.05) is 12.6 Å². The van der Waals surface area contributed by atoms with E-state index in [1.54, 1.807) is 0 Å². The molecule has 0 bridgehead atoms. The highest BCUT2D eigenvalue weighted by Crippen LogP contribution is 2.21. The fraction of sp³-hybridized carbons (Fsp3) is 0.571. The average Bonchev–Trinajstić information content (AvgIpc) is 2.17. The fourth-order valence-corrected chi connectivity index (χ4v) is 1.76. The molecule has 1 aromatic rings. The Morgan fingerprint density at radius 3 is 2.19 bits per heavy atom. The maximum atomic E-state index is 9.73. The van der Waals surface area contributed by atoms with Gasteiger partial charge in [0.2, 0.25) is 0 Å². The first-order valence-electron chi connectivity index (χ1n) is 5.91. The normalized spacial score (nSPS) is 14.1. The van der Waals surface area contributed by atoms with E-state index in [2.05, 4.69) is 43.4 Å². The molecular formula is C14H23NO. The van der Waals surface area contributed by atoms with Crippen LogP contribution in [-0.4, -0.2) is 17.3 Å². The topological polar surface area (TPSA) is 32.3 Å². The fourth-order valence-electron chi connectivity index (χ4n) is 1.76. The third kappa shape index (κ3) is 4.33. The Morgan fingerprint density at radius 1 is 1.19 bits per heavy atom. The van der Waals surface area contributed by atoms with Crippen LogP contribution in [-0.2, 0) is 0 Å². The number of hydrogen-bond acceptors (Lipinski definition) is 2. The summed E-state index contributed by atoms with van der Waals surface area (Å²) in [4.78, 5) is 0. The van der Waals surface area contributed by atoms with E-state index < -0.39 is 5.60 Å². The van der Waals surface area contributed by atoms with E-state index in [9.17, 15) is 5.11 Å². The largest absolute Gasteiger partial charge is 0.389 e. The number of hydrogen-bond donors (Lipinski definition) is 2. The molecule has 1 atom stereocenters. The van der Waals surface area contributed by atoms with Gasteiger partial charge in [-0.2, -0.15) is 0 Å². The van der Waals surface area contributed by atoms with E-state index in [1.165, 1.54) is 5.56 Å². The zero-order chi connectivity index (χ0) is 12.2. The van der Waals surface area contributed by atoms with Crippen molar-refractivity contribution in [3.63, 3.8) is 0 Å². The zero-order valence-corrected chi connectivity index (χ0v) is 10.7. The Kier molecular flexibility index (Phi) is 4.51. The maximum Gasteiger partial charge on any atom is 0.0715 e. The SMILES string of the molecule is CC(C)C(NCC(C)(C)O)c1ccccc1. The summed E-state index contributed by atoms with van der Waals surface area (Å²) < 4.78 is 0. The minimum Gasteiger partial charge on any atom is -0.389 e. The molecule has 90 valence electrons. The van der Waals surface area contributed by atoms with Crippen molar-refractivity contribution in [2.24, 2.45) is 5.92 Å². The lowest BCUT2D eigenvalue weighted by molar-refractivity contribution is 0.0742. The van der Waals surface area contributed by atoms with Crippen LogP contribution in [0, 0.1) is 5.92 Å². The lowest BCUT2D eigenvalue weighted by Crippen LogP contribution is -2.38. The predicted octanol–water partition coefficient (Wildman–Crippen LogP) is 2.74. The van der Waals surface area contributed by atoms with Crippen molar-refractivity contribution >= 4 is 0 Å². The van der Waals surface area contributed by atoms with Crippen molar-refractivity contribution in [3.8, 4) is 0 Å². The molecular weight excluding hydrogens is 198 g/mol. The van der Waals surface area contributed by atoms with Gasteiger partial charge >= 0.3 is 0 Å². The van der Waals surface area contributed by atoms with Gasteiger partial charge in [-0.05, 0) is 25.3 Å². The molecule has 0 spiro atoms. The molecule has 0 aliphatic heterocycles. The van der Waals surface area contributed by atoms with Crippen LogP contribution in [0.15, 0.2) is 30.3 Å². The molecule has 0 amide bonds. The van der Waals surface area contributed by atoms with Gasteiger partial charge in [-0.25, -0.2) is 0 Å². The van der Waals surface area contributed by atoms with Crippen LogP contribution < -0.4 is 5.32 Å². The molecule has 16 heavy (non-hydrogen) atoms. The van der Waals surface area contributed by atoms with E-state index in [-0.39, 0.29) is 0 Å². The summed E-state index contributed by atoms with van der Waals surface area (Å²) in [6.45, 7) is 8.62. The zero-order valence-electron chi connectivity index (χ0n) is 10.7. The minimum atomic E-state index is -0.665. The van der Waals surface area contributed by atoms with Gasteiger partial charge in [0.1, 0.15) is 0 Å². The summed E-state index contributed by atoms with van der Waals surface area (Å²) in [5.41, 5.74) is 0.615. The summed E-state index contributed by atoms with van der Waals surface area (Å²) >= 11 is 0. The molecule has 0 aliphatic carbocycles. The second kappa shape index (κ2) is 5.46. The van der Waals surface area contributed by atoms with Gasteiger partial charge < -0.3 is 10.4 Å². The lowest BCUT2D eigenvalue weighted by atomic mass is 9.95. The third-order valence-electron chi connectivity index (χ3n) is 2.58. The molecule has 0 heterocycles. The Bertz CT molecular complexity index is 300. The number of nitrogens with one attached hydrogen (secondary N) is 1. The molecule has 0 saturated carbocycles. The average molecular weight is 221 g/mol. The van der Waals surface area contributed by atoms with Gasteiger partial charge in [0.05, 0.1) is 5.60 Å². The van der Waals surface area contributed by atoms with Crippen LogP contribution in [0.4, 0.5) is 0 Å². The third-order valence-corrected chi connectivity index (χ3v) is 2.58. The molecule has 1 rings (SSSR count). The van der Waals surface area contributed by atoms with Crippen molar-refractivity contribution in [3.05, 3.63) is 35.9 Å². The van der Waals surface area contributed by atoms with Crippen LogP contribution in [0.3, 0.4) is 0 Å². The second-order valence-corrected chi connectivity index (χ2v) is 5.33. The van der Waals surface area contributed by atoms with Crippen molar-refractivity contribution in [1.29, 1.82) is 0 Å².